The highest BCUT2D eigenvalue weighted by atomic mass is 16.5. The molecule has 2 heterocycles. The molecule has 0 atom stereocenters. The van der Waals surface area contributed by atoms with Crippen molar-refractivity contribution in [3.8, 4) is 11.5 Å². The number of fused-ring (bicyclic) bond motifs is 1. The molecule has 0 saturated carbocycles. The van der Waals surface area contributed by atoms with Gasteiger partial charge < -0.3 is 19.7 Å². The third-order valence-corrected chi connectivity index (χ3v) is 5.57. The summed E-state index contributed by atoms with van der Waals surface area (Å²) < 4.78 is 12.4. The Morgan fingerprint density at radius 1 is 0.750 bits per heavy atom. The predicted molar refractivity (Wildman–Crippen MR) is 126 cm³/mol. The molecular formula is C26H26N4O2. The maximum atomic E-state index is 6.25. The Balaban J connectivity index is 1.49. The van der Waals surface area contributed by atoms with Gasteiger partial charge in [0.1, 0.15) is 25.4 Å². The Kier molecular flexibility index (Phi) is 6.12. The van der Waals surface area contributed by atoms with Crippen LogP contribution in [0.15, 0.2) is 79.1 Å². The average molecular weight is 427 g/mol. The minimum Gasteiger partial charge on any atom is -0.485 e. The Labute approximate surface area is 187 Å². The van der Waals surface area contributed by atoms with Crippen molar-refractivity contribution in [1.29, 1.82) is 0 Å². The van der Waals surface area contributed by atoms with Crippen LogP contribution in [-0.4, -0.2) is 36.1 Å². The Morgan fingerprint density at radius 2 is 1.34 bits per heavy atom. The van der Waals surface area contributed by atoms with Gasteiger partial charge in [-0.3, -0.25) is 0 Å². The summed E-state index contributed by atoms with van der Waals surface area (Å²) in [5.41, 5.74) is 3.06. The molecule has 0 amide bonds. The van der Waals surface area contributed by atoms with E-state index in [1.54, 1.807) is 6.33 Å². The molecule has 4 aromatic rings. The number of ether oxygens (including phenoxy) is 2. The molecule has 0 bridgehead atoms. The van der Waals surface area contributed by atoms with Crippen LogP contribution in [0.3, 0.4) is 0 Å². The fraction of sp³-hybridized carbons (Fsp3) is 0.231. The first-order chi connectivity index (χ1) is 15.9. The summed E-state index contributed by atoms with van der Waals surface area (Å²) in [7, 11) is 0. The molecule has 1 fully saturated rings. The van der Waals surface area contributed by atoms with E-state index in [4.69, 9.17) is 9.47 Å². The SMILES string of the molecule is c1ccc(COc2cc3ncnc(N4CCNCC4)c3cc2OCc2ccccc2)cc1. The number of hydrogen-bond acceptors (Lipinski definition) is 6. The van der Waals surface area contributed by atoms with Gasteiger partial charge in [-0.2, -0.15) is 0 Å². The fourth-order valence-corrected chi connectivity index (χ4v) is 3.88. The first-order valence-corrected chi connectivity index (χ1v) is 10.9. The van der Waals surface area contributed by atoms with Gasteiger partial charge >= 0.3 is 0 Å². The Bertz CT molecular complexity index is 1160. The molecule has 0 aliphatic carbocycles. The molecule has 3 aromatic carbocycles. The van der Waals surface area contributed by atoms with Crippen LogP contribution in [0.4, 0.5) is 5.82 Å². The molecule has 162 valence electrons. The number of hydrogen-bond donors (Lipinski definition) is 1. The minimum absolute atomic E-state index is 0.462. The summed E-state index contributed by atoms with van der Waals surface area (Å²) >= 11 is 0. The number of nitrogens with one attached hydrogen (secondary N) is 1. The molecule has 1 aliphatic heterocycles. The molecule has 0 radical (unpaired) electrons. The smallest absolute Gasteiger partial charge is 0.163 e. The van der Waals surface area contributed by atoms with Crippen LogP contribution in [-0.2, 0) is 13.2 Å². The van der Waals surface area contributed by atoms with Crippen LogP contribution in [0.5, 0.6) is 11.5 Å². The molecule has 1 aromatic heterocycles. The van der Waals surface area contributed by atoms with Crippen molar-refractivity contribution in [2.45, 2.75) is 13.2 Å². The highest BCUT2D eigenvalue weighted by Crippen LogP contribution is 2.36. The average Bonchev–Trinajstić information content (AvgIpc) is 2.87. The van der Waals surface area contributed by atoms with Crippen molar-refractivity contribution in [3.05, 3.63) is 90.3 Å². The summed E-state index contributed by atoms with van der Waals surface area (Å²) in [5, 5.41) is 4.37. The number of rotatable bonds is 7. The monoisotopic (exact) mass is 426 g/mol. The summed E-state index contributed by atoms with van der Waals surface area (Å²) in [6.45, 7) is 4.65. The quantitative estimate of drug-likeness (QED) is 0.478. The van der Waals surface area contributed by atoms with Crippen molar-refractivity contribution in [2.24, 2.45) is 0 Å². The zero-order valence-corrected chi connectivity index (χ0v) is 17.9. The molecule has 1 saturated heterocycles. The van der Waals surface area contributed by atoms with Gasteiger partial charge in [0.15, 0.2) is 11.5 Å². The van der Waals surface area contributed by atoms with Gasteiger partial charge in [-0.1, -0.05) is 60.7 Å². The lowest BCUT2D eigenvalue weighted by Crippen LogP contribution is -2.44. The van der Waals surface area contributed by atoms with Crippen LogP contribution in [0.25, 0.3) is 10.9 Å². The highest BCUT2D eigenvalue weighted by Gasteiger charge is 2.18. The number of piperazine rings is 1. The molecule has 32 heavy (non-hydrogen) atoms. The van der Waals surface area contributed by atoms with E-state index in [0.29, 0.717) is 24.7 Å². The standard InChI is InChI=1S/C26H26N4O2/c1-3-7-20(8-4-1)17-31-24-15-22-23(16-25(24)32-18-21-9-5-2-6-10-21)28-19-29-26(22)30-13-11-27-12-14-30/h1-10,15-16,19,27H,11-14,17-18H2. The second-order valence-electron chi connectivity index (χ2n) is 7.80. The minimum atomic E-state index is 0.462. The maximum absolute atomic E-state index is 6.25. The van der Waals surface area contributed by atoms with E-state index in [-0.39, 0.29) is 0 Å². The molecular weight excluding hydrogens is 400 g/mol. The molecule has 5 rings (SSSR count). The van der Waals surface area contributed by atoms with Crippen LogP contribution >= 0.6 is 0 Å². The van der Waals surface area contributed by atoms with Gasteiger partial charge in [0.2, 0.25) is 0 Å². The van der Waals surface area contributed by atoms with Gasteiger partial charge in [0, 0.05) is 37.6 Å². The number of benzene rings is 3. The predicted octanol–water partition coefficient (Wildman–Crippen LogP) is 4.20. The van der Waals surface area contributed by atoms with Crippen LogP contribution in [0.1, 0.15) is 11.1 Å². The van der Waals surface area contributed by atoms with Crippen molar-refractivity contribution in [2.75, 3.05) is 31.1 Å². The van der Waals surface area contributed by atoms with Gasteiger partial charge in [-0.05, 0) is 17.2 Å². The number of anilines is 1. The van der Waals surface area contributed by atoms with E-state index in [1.807, 2.05) is 48.5 Å². The zero-order chi connectivity index (χ0) is 21.6. The van der Waals surface area contributed by atoms with E-state index in [9.17, 15) is 0 Å². The van der Waals surface area contributed by atoms with Gasteiger partial charge in [0.05, 0.1) is 5.52 Å². The highest BCUT2D eigenvalue weighted by molar-refractivity contribution is 5.92. The van der Waals surface area contributed by atoms with Crippen LogP contribution in [0.2, 0.25) is 0 Å². The van der Waals surface area contributed by atoms with E-state index >= 15 is 0 Å². The Hall–Kier alpha value is -3.64. The molecule has 6 nitrogen and oxygen atoms in total. The summed E-state index contributed by atoms with van der Waals surface area (Å²) in [4.78, 5) is 11.4. The van der Waals surface area contributed by atoms with Crippen LogP contribution in [0, 0.1) is 0 Å². The summed E-state index contributed by atoms with van der Waals surface area (Å²) in [6, 6.07) is 24.3. The van der Waals surface area contributed by atoms with Gasteiger partial charge in [-0.25, -0.2) is 9.97 Å². The lowest BCUT2D eigenvalue weighted by molar-refractivity contribution is 0.256. The normalized spacial score (nSPS) is 13.8. The third kappa shape index (κ3) is 4.65. The molecule has 1 aliphatic rings. The van der Waals surface area contributed by atoms with E-state index in [2.05, 4.69) is 44.5 Å². The first-order valence-electron chi connectivity index (χ1n) is 10.9. The summed E-state index contributed by atoms with van der Waals surface area (Å²) in [5.74, 6) is 2.32. The molecule has 0 unspecified atom stereocenters. The topological polar surface area (TPSA) is 59.5 Å². The zero-order valence-electron chi connectivity index (χ0n) is 17.9. The first kappa shape index (κ1) is 20.3. The number of nitrogens with zero attached hydrogens (tertiary/aromatic N) is 3. The molecule has 0 spiro atoms. The van der Waals surface area contributed by atoms with Crippen molar-refractivity contribution in [1.82, 2.24) is 15.3 Å². The Morgan fingerprint density at radius 3 is 1.97 bits per heavy atom. The second-order valence-corrected chi connectivity index (χ2v) is 7.80. The van der Waals surface area contributed by atoms with Crippen molar-refractivity contribution in [3.63, 3.8) is 0 Å². The van der Waals surface area contributed by atoms with E-state index in [1.165, 1.54) is 0 Å². The third-order valence-electron chi connectivity index (χ3n) is 5.57. The number of aromatic nitrogens is 2. The van der Waals surface area contributed by atoms with Gasteiger partial charge in [0.25, 0.3) is 0 Å². The fourth-order valence-electron chi connectivity index (χ4n) is 3.88. The maximum Gasteiger partial charge on any atom is 0.163 e. The summed E-state index contributed by atoms with van der Waals surface area (Å²) in [6.07, 6.45) is 1.63. The second kappa shape index (κ2) is 9.66. The van der Waals surface area contributed by atoms with E-state index in [0.717, 1.165) is 54.0 Å². The van der Waals surface area contributed by atoms with Crippen LogP contribution < -0.4 is 19.7 Å². The molecule has 6 heteroatoms. The molecule has 1 N–H and O–H groups in total. The van der Waals surface area contributed by atoms with Crippen molar-refractivity contribution < 1.29 is 9.47 Å². The largest absolute Gasteiger partial charge is 0.485 e. The van der Waals surface area contributed by atoms with Gasteiger partial charge in [-0.15, -0.1) is 0 Å². The lowest BCUT2D eigenvalue weighted by Gasteiger charge is -2.29. The van der Waals surface area contributed by atoms with Crippen molar-refractivity contribution >= 4 is 16.7 Å². The van der Waals surface area contributed by atoms with E-state index < -0.39 is 0 Å². The lowest BCUT2D eigenvalue weighted by atomic mass is 10.1.